The van der Waals surface area contributed by atoms with E-state index in [1.807, 2.05) is 0 Å². The van der Waals surface area contributed by atoms with Gasteiger partial charge in [-0.1, -0.05) is 26.2 Å². The molecule has 1 aliphatic carbocycles. The second kappa shape index (κ2) is 8.00. The Kier molecular flexibility index (Phi) is 7.02. The number of carbonyl (C=O) groups is 1. The standard InChI is InChI=1S/C14H26N2O.ClH/c1-2-11-4-3-5-13(8-11)16-14(17)9-12-6-7-15-10-12;/h11-13,15H,2-10H2,1H3,(H,16,17);1H. The Labute approximate surface area is 117 Å². The summed E-state index contributed by atoms with van der Waals surface area (Å²) in [6.07, 6.45) is 8.18. The van der Waals surface area contributed by atoms with Gasteiger partial charge in [-0.25, -0.2) is 0 Å². The maximum atomic E-state index is 11.9. The van der Waals surface area contributed by atoms with Gasteiger partial charge in [0.25, 0.3) is 0 Å². The van der Waals surface area contributed by atoms with Gasteiger partial charge in [0.05, 0.1) is 0 Å². The van der Waals surface area contributed by atoms with Crippen LogP contribution in [0.2, 0.25) is 0 Å². The Hall–Kier alpha value is -0.280. The van der Waals surface area contributed by atoms with Crippen LogP contribution in [0.15, 0.2) is 0 Å². The van der Waals surface area contributed by atoms with Gasteiger partial charge in [0.15, 0.2) is 0 Å². The minimum atomic E-state index is 0. The molecule has 0 bridgehead atoms. The molecular formula is C14H27ClN2O. The molecule has 1 aliphatic heterocycles. The van der Waals surface area contributed by atoms with Crippen molar-refractivity contribution in [2.45, 2.75) is 57.9 Å². The lowest BCUT2D eigenvalue weighted by molar-refractivity contribution is -0.122. The van der Waals surface area contributed by atoms with E-state index >= 15 is 0 Å². The molecule has 0 spiro atoms. The molecule has 3 nitrogen and oxygen atoms in total. The second-order valence-electron chi connectivity index (χ2n) is 5.77. The first kappa shape index (κ1) is 15.8. The number of hydrogen-bond acceptors (Lipinski definition) is 2. The monoisotopic (exact) mass is 274 g/mol. The summed E-state index contributed by atoms with van der Waals surface area (Å²) in [6.45, 7) is 4.37. The normalized spacial score (nSPS) is 31.7. The molecular weight excluding hydrogens is 248 g/mol. The topological polar surface area (TPSA) is 41.1 Å². The third kappa shape index (κ3) is 4.77. The van der Waals surface area contributed by atoms with Gasteiger partial charge in [-0.05, 0) is 44.2 Å². The van der Waals surface area contributed by atoms with Crippen LogP contribution in [-0.4, -0.2) is 25.0 Å². The highest BCUT2D eigenvalue weighted by Gasteiger charge is 2.24. The fraction of sp³-hybridized carbons (Fsp3) is 0.929. The molecule has 1 saturated heterocycles. The number of carbonyl (C=O) groups excluding carboxylic acids is 1. The van der Waals surface area contributed by atoms with Crippen LogP contribution in [0, 0.1) is 11.8 Å². The zero-order valence-corrected chi connectivity index (χ0v) is 12.2. The molecule has 18 heavy (non-hydrogen) atoms. The van der Waals surface area contributed by atoms with E-state index in [1.54, 1.807) is 0 Å². The zero-order valence-electron chi connectivity index (χ0n) is 11.4. The summed E-state index contributed by atoms with van der Waals surface area (Å²) in [5.41, 5.74) is 0. The average molecular weight is 275 g/mol. The Morgan fingerprint density at radius 1 is 1.28 bits per heavy atom. The van der Waals surface area contributed by atoms with Crippen LogP contribution in [0.5, 0.6) is 0 Å². The SMILES string of the molecule is CCC1CCCC(NC(=O)CC2CCNC2)C1.Cl. The van der Waals surface area contributed by atoms with Crippen molar-refractivity contribution >= 4 is 18.3 Å². The lowest BCUT2D eigenvalue weighted by atomic mass is 9.84. The van der Waals surface area contributed by atoms with Gasteiger partial charge in [0, 0.05) is 12.5 Å². The van der Waals surface area contributed by atoms with Gasteiger partial charge in [-0.3, -0.25) is 4.79 Å². The highest BCUT2D eigenvalue weighted by molar-refractivity contribution is 5.85. The predicted octanol–water partition coefficient (Wildman–Crippen LogP) is 2.49. The zero-order chi connectivity index (χ0) is 12.1. The van der Waals surface area contributed by atoms with Gasteiger partial charge in [0.2, 0.25) is 5.91 Å². The summed E-state index contributed by atoms with van der Waals surface area (Å²) < 4.78 is 0. The Morgan fingerprint density at radius 2 is 2.11 bits per heavy atom. The minimum absolute atomic E-state index is 0. The molecule has 0 radical (unpaired) electrons. The molecule has 3 unspecified atom stereocenters. The van der Waals surface area contributed by atoms with Crippen LogP contribution >= 0.6 is 12.4 Å². The quantitative estimate of drug-likeness (QED) is 0.827. The first-order chi connectivity index (χ1) is 8.28. The van der Waals surface area contributed by atoms with Crippen molar-refractivity contribution in [1.82, 2.24) is 10.6 Å². The second-order valence-corrected chi connectivity index (χ2v) is 5.77. The van der Waals surface area contributed by atoms with E-state index in [-0.39, 0.29) is 18.3 Å². The summed E-state index contributed by atoms with van der Waals surface area (Å²) in [5.74, 6) is 1.68. The van der Waals surface area contributed by atoms with Crippen molar-refractivity contribution in [2.24, 2.45) is 11.8 Å². The fourth-order valence-corrected chi connectivity index (χ4v) is 3.23. The van der Waals surface area contributed by atoms with E-state index in [1.165, 1.54) is 32.1 Å². The van der Waals surface area contributed by atoms with Crippen molar-refractivity contribution in [3.05, 3.63) is 0 Å². The molecule has 0 aromatic rings. The van der Waals surface area contributed by atoms with Crippen molar-refractivity contribution in [3.8, 4) is 0 Å². The maximum absolute atomic E-state index is 11.9. The first-order valence-corrected chi connectivity index (χ1v) is 7.28. The summed E-state index contributed by atoms with van der Waals surface area (Å²) in [6, 6.07) is 0.454. The van der Waals surface area contributed by atoms with E-state index in [9.17, 15) is 4.79 Å². The van der Waals surface area contributed by atoms with Crippen molar-refractivity contribution < 1.29 is 4.79 Å². The van der Waals surface area contributed by atoms with E-state index in [4.69, 9.17) is 0 Å². The van der Waals surface area contributed by atoms with Gasteiger partial charge in [0.1, 0.15) is 0 Å². The van der Waals surface area contributed by atoms with Crippen LogP contribution in [0.4, 0.5) is 0 Å². The number of hydrogen-bond donors (Lipinski definition) is 2. The molecule has 0 aromatic heterocycles. The molecule has 106 valence electrons. The molecule has 1 saturated carbocycles. The largest absolute Gasteiger partial charge is 0.353 e. The number of rotatable bonds is 4. The van der Waals surface area contributed by atoms with Crippen LogP contribution in [0.3, 0.4) is 0 Å². The van der Waals surface area contributed by atoms with Gasteiger partial charge in [-0.2, -0.15) is 0 Å². The average Bonchev–Trinajstić information content (AvgIpc) is 2.82. The lowest BCUT2D eigenvalue weighted by Crippen LogP contribution is -2.39. The Balaban J connectivity index is 0.00000162. The first-order valence-electron chi connectivity index (χ1n) is 7.28. The molecule has 2 N–H and O–H groups in total. The van der Waals surface area contributed by atoms with Gasteiger partial charge >= 0.3 is 0 Å². The van der Waals surface area contributed by atoms with Crippen molar-refractivity contribution in [1.29, 1.82) is 0 Å². The number of nitrogens with one attached hydrogen (secondary N) is 2. The molecule has 0 aromatic carbocycles. The molecule has 1 heterocycles. The fourth-order valence-electron chi connectivity index (χ4n) is 3.23. The summed E-state index contributed by atoms with van der Waals surface area (Å²) in [7, 11) is 0. The number of halogens is 1. The van der Waals surface area contributed by atoms with Crippen LogP contribution in [0.1, 0.15) is 51.9 Å². The lowest BCUT2D eigenvalue weighted by Gasteiger charge is -2.29. The van der Waals surface area contributed by atoms with E-state index < -0.39 is 0 Å². The highest BCUT2D eigenvalue weighted by Crippen LogP contribution is 2.26. The molecule has 4 heteroatoms. The van der Waals surface area contributed by atoms with Crippen molar-refractivity contribution in [3.63, 3.8) is 0 Å². The maximum Gasteiger partial charge on any atom is 0.220 e. The summed E-state index contributed by atoms with van der Waals surface area (Å²) in [4.78, 5) is 11.9. The summed E-state index contributed by atoms with van der Waals surface area (Å²) >= 11 is 0. The molecule has 2 fully saturated rings. The van der Waals surface area contributed by atoms with Gasteiger partial charge < -0.3 is 10.6 Å². The predicted molar refractivity (Wildman–Crippen MR) is 77.0 cm³/mol. The third-order valence-electron chi connectivity index (χ3n) is 4.36. The Bertz CT molecular complexity index is 254. The van der Waals surface area contributed by atoms with Crippen molar-refractivity contribution in [2.75, 3.05) is 13.1 Å². The summed E-state index contributed by atoms with van der Waals surface area (Å²) in [5, 5.41) is 6.56. The van der Waals surface area contributed by atoms with E-state index in [2.05, 4.69) is 17.6 Å². The van der Waals surface area contributed by atoms with Crippen LogP contribution in [0.25, 0.3) is 0 Å². The molecule has 2 aliphatic rings. The van der Waals surface area contributed by atoms with Crippen LogP contribution < -0.4 is 10.6 Å². The van der Waals surface area contributed by atoms with Gasteiger partial charge in [-0.15, -0.1) is 12.4 Å². The third-order valence-corrected chi connectivity index (χ3v) is 4.36. The van der Waals surface area contributed by atoms with E-state index in [0.717, 1.165) is 31.8 Å². The molecule has 2 rings (SSSR count). The highest BCUT2D eigenvalue weighted by atomic mass is 35.5. The van der Waals surface area contributed by atoms with Crippen LogP contribution in [-0.2, 0) is 4.79 Å². The van der Waals surface area contributed by atoms with E-state index in [0.29, 0.717) is 12.0 Å². The Morgan fingerprint density at radius 3 is 2.78 bits per heavy atom. The number of amides is 1. The molecule has 3 atom stereocenters. The minimum Gasteiger partial charge on any atom is -0.353 e. The molecule has 1 amide bonds. The smallest absolute Gasteiger partial charge is 0.220 e.